The number of fused-ring (bicyclic) bond motifs is 5. The van der Waals surface area contributed by atoms with Crippen molar-refractivity contribution in [1.29, 1.82) is 0 Å². The van der Waals surface area contributed by atoms with Gasteiger partial charge in [0.25, 0.3) is 5.56 Å². The van der Waals surface area contributed by atoms with Gasteiger partial charge in [-0.2, -0.15) is 0 Å². The van der Waals surface area contributed by atoms with Crippen molar-refractivity contribution in [2.45, 2.75) is 71.9 Å². The molecule has 1 aliphatic carbocycles. The average molecular weight is 577 g/mol. The number of benzene rings is 1. The van der Waals surface area contributed by atoms with E-state index in [0.29, 0.717) is 29.9 Å². The lowest BCUT2D eigenvalue weighted by Gasteiger charge is -2.23. The second kappa shape index (κ2) is 10.9. The molecular weight excluding hydrogens is 540 g/mol. The van der Waals surface area contributed by atoms with Crippen molar-refractivity contribution in [3.63, 3.8) is 0 Å². The Morgan fingerprint density at radius 3 is 2.57 bits per heavy atom. The lowest BCUT2D eigenvalue weighted by molar-refractivity contribution is -0.157. The Bertz CT molecular complexity index is 1710. The minimum Gasteiger partial charge on any atom is -0.458 e. The summed E-state index contributed by atoms with van der Waals surface area (Å²) in [7, 11) is 0. The highest BCUT2D eigenvalue weighted by Crippen LogP contribution is 2.41. The monoisotopic (exact) mass is 576 g/mol. The lowest BCUT2D eigenvalue weighted by Crippen LogP contribution is -2.43. The number of aryl methyl sites for hydroxylation is 2. The van der Waals surface area contributed by atoms with Gasteiger partial charge in [-0.25, -0.2) is 15.6 Å². The van der Waals surface area contributed by atoms with E-state index in [2.05, 4.69) is 5.32 Å². The van der Waals surface area contributed by atoms with Crippen LogP contribution in [0.15, 0.2) is 34.9 Å². The van der Waals surface area contributed by atoms with Gasteiger partial charge >= 0.3 is 5.97 Å². The third kappa shape index (κ3) is 4.81. The van der Waals surface area contributed by atoms with Crippen molar-refractivity contribution < 1.29 is 24.5 Å². The molecule has 2 aliphatic heterocycles. The van der Waals surface area contributed by atoms with Crippen LogP contribution in [0.4, 0.5) is 0 Å². The number of hydrogen-bond donors (Lipinski definition) is 5. The minimum atomic E-state index is -1.54. The topological polar surface area (TPSA) is 186 Å². The molecule has 1 aromatic carbocycles. The van der Waals surface area contributed by atoms with E-state index in [0.717, 1.165) is 33.2 Å². The maximum atomic E-state index is 13.5. The van der Waals surface area contributed by atoms with Crippen LogP contribution in [0.2, 0.25) is 0 Å². The number of carbonyl (C=O) groups excluding carboxylic acids is 2. The fourth-order valence-electron chi connectivity index (χ4n) is 5.60. The van der Waals surface area contributed by atoms with Crippen LogP contribution in [-0.2, 0) is 34.0 Å². The van der Waals surface area contributed by atoms with Crippen LogP contribution in [0, 0.1) is 13.8 Å². The SMILES string of the molecule is CC.Cc1cc2nc3c(c(CN(N)/C=C(\N)C4(NC(=O)CO)CC4)c2cc1C)Cn1c-3cc2c(c1=O)COC(=O)C2O. The van der Waals surface area contributed by atoms with E-state index in [1.54, 1.807) is 16.8 Å². The van der Waals surface area contributed by atoms with E-state index >= 15 is 0 Å². The highest BCUT2D eigenvalue weighted by molar-refractivity contribution is 5.89. The van der Waals surface area contributed by atoms with Crippen LogP contribution >= 0.6 is 0 Å². The molecule has 1 amide bonds. The van der Waals surface area contributed by atoms with Crippen LogP contribution < -0.4 is 22.5 Å². The van der Waals surface area contributed by atoms with Crippen molar-refractivity contribution in [2.24, 2.45) is 11.6 Å². The second-order valence-electron chi connectivity index (χ2n) is 10.8. The van der Waals surface area contributed by atoms with E-state index < -0.39 is 30.1 Å². The van der Waals surface area contributed by atoms with Gasteiger partial charge in [0.05, 0.1) is 46.8 Å². The summed E-state index contributed by atoms with van der Waals surface area (Å²) in [5, 5.41) is 24.7. The number of nitrogens with zero attached hydrogens (tertiary/aromatic N) is 3. The molecule has 2 aromatic heterocycles. The molecule has 1 saturated carbocycles. The molecule has 1 fully saturated rings. The number of aliphatic hydroxyl groups is 2. The first-order chi connectivity index (χ1) is 20.0. The smallest absolute Gasteiger partial charge is 0.340 e. The number of hydrogen-bond acceptors (Lipinski definition) is 10. The average Bonchev–Trinajstić information content (AvgIpc) is 3.66. The Hall–Kier alpha value is -4.26. The number of carbonyl (C=O) groups is 2. The third-order valence-corrected chi connectivity index (χ3v) is 8.16. The first kappa shape index (κ1) is 29.2. The summed E-state index contributed by atoms with van der Waals surface area (Å²) in [6, 6.07) is 5.68. The number of rotatable bonds is 6. The molecule has 0 spiro atoms. The fourth-order valence-corrected chi connectivity index (χ4v) is 5.60. The van der Waals surface area contributed by atoms with Crippen LogP contribution in [0.3, 0.4) is 0 Å². The molecule has 0 radical (unpaired) electrons. The molecule has 1 atom stereocenters. The normalized spacial score (nSPS) is 17.8. The number of esters is 1. The number of aliphatic hydroxyl groups excluding tert-OH is 2. The first-order valence-corrected chi connectivity index (χ1v) is 14.0. The fraction of sp³-hybridized carbons (Fsp3) is 0.400. The summed E-state index contributed by atoms with van der Waals surface area (Å²) in [4.78, 5) is 42.2. The molecular formula is C30H36N6O6. The summed E-state index contributed by atoms with van der Waals surface area (Å²) >= 11 is 0. The van der Waals surface area contributed by atoms with Crippen molar-refractivity contribution in [2.75, 3.05) is 6.61 Å². The predicted octanol–water partition coefficient (Wildman–Crippen LogP) is 1.28. The maximum absolute atomic E-state index is 13.5. The Balaban J connectivity index is 0.00000173. The van der Waals surface area contributed by atoms with Gasteiger partial charge in [0.1, 0.15) is 13.2 Å². The number of aromatic nitrogens is 2. The van der Waals surface area contributed by atoms with E-state index in [1.165, 1.54) is 5.01 Å². The van der Waals surface area contributed by atoms with E-state index in [9.17, 15) is 19.5 Å². The second-order valence-corrected chi connectivity index (χ2v) is 10.8. The Labute approximate surface area is 242 Å². The van der Waals surface area contributed by atoms with Crippen LogP contribution in [0.5, 0.6) is 0 Å². The van der Waals surface area contributed by atoms with Crippen LogP contribution in [-0.4, -0.2) is 48.8 Å². The van der Waals surface area contributed by atoms with Gasteiger partial charge < -0.3 is 35.6 Å². The zero-order chi connectivity index (χ0) is 30.5. The van der Waals surface area contributed by atoms with Crippen molar-refractivity contribution >= 4 is 22.8 Å². The molecule has 12 heteroatoms. The number of ether oxygens (including phenoxy) is 1. The Morgan fingerprint density at radius 1 is 1.21 bits per heavy atom. The summed E-state index contributed by atoms with van der Waals surface area (Å²) in [5.74, 6) is 5.15. The minimum absolute atomic E-state index is 0.198. The third-order valence-electron chi connectivity index (χ3n) is 8.16. The van der Waals surface area contributed by atoms with Gasteiger partial charge in [-0.1, -0.05) is 13.8 Å². The van der Waals surface area contributed by atoms with Crippen molar-refractivity contribution in [1.82, 2.24) is 19.9 Å². The zero-order valence-electron chi connectivity index (χ0n) is 24.2. The molecule has 4 heterocycles. The largest absolute Gasteiger partial charge is 0.458 e. The van der Waals surface area contributed by atoms with E-state index in [4.69, 9.17) is 26.4 Å². The lowest BCUT2D eigenvalue weighted by atomic mass is 9.96. The van der Waals surface area contributed by atoms with E-state index in [1.807, 2.05) is 39.8 Å². The van der Waals surface area contributed by atoms with Gasteiger partial charge in [-0.15, -0.1) is 0 Å². The zero-order valence-corrected chi connectivity index (χ0v) is 24.2. The summed E-state index contributed by atoms with van der Waals surface area (Å²) in [6.07, 6.45) is 1.32. The van der Waals surface area contributed by atoms with Gasteiger partial charge in [0.15, 0.2) is 6.10 Å². The quantitative estimate of drug-likeness (QED) is 0.127. The molecule has 0 saturated heterocycles. The van der Waals surface area contributed by atoms with Crippen LogP contribution in [0.1, 0.15) is 66.2 Å². The number of cyclic esters (lactones) is 1. The van der Waals surface area contributed by atoms with Gasteiger partial charge in [-0.3, -0.25) is 9.59 Å². The van der Waals surface area contributed by atoms with Crippen molar-refractivity contribution in [3.05, 3.63) is 73.8 Å². The van der Waals surface area contributed by atoms with Crippen molar-refractivity contribution in [3.8, 4) is 11.4 Å². The Kier molecular flexibility index (Phi) is 7.56. The molecule has 7 N–H and O–H groups in total. The molecule has 1 unspecified atom stereocenters. The number of nitrogens with two attached hydrogens (primary N) is 2. The van der Waals surface area contributed by atoms with E-state index in [-0.39, 0.29) is 36.4 Å². The molecule has 3 aromatic rings. The highest BCUT2D eigenvalue weighted by atomic mass is 16.5. The molecule has 12 nitrogen and oxygen atoms in total. The molecule has 42 heavy (non-hydrogen) atoms. The van der Waals surface area contributed by atoms with Crippen LogP contribution in [0.25, 0.3) is 22.3 Å². The predicted molar refractivity (Wildman–Crippen MR) is 155 cm³/mol. The standard InChI is InChI=1S/C28H30N6O6.C2H6/c1-13-5-15-17(8-33(30)10-22(29)28(3-4-28)32-23(36)11-35)18-9-34-21(24(18)31-20(15)6-14(13)2)7-16-19(26(34)38)12-40-27(39)25(16)37;1-2/h5-7,10,25,35,37H,3-4,8-9,11-12,29-30H2,1-2H3,(H,32,36);1-2H3/b22-10-;. The maximum Gasteiger partial charge on any atom is 0.340 e. The Morgan fingerprint density at radius 2 is 1.90 bits per heavy atom. The number of pyridine rings is 2. The summed E-state index contributed by atoms with van der Waals surface area (Å²) in [5.41, 5.74) is 11.7. The molecule has 222 valence electrons. The summed E-state index contributed by atoms with van der Waals surface area (Å²) in [6.45, 7) is 7.63. The van der Waals surface area contributed by atoms with Gasteiger partial charge in [0, 0.05) is 22.7 Å². The number of hydrazine groups is 1. The highest BCUT2D eigenvalue weighted by Gasteiger charge is 2.46. The molecule has 6 rings (SSSR count). The molecule has 0 bridgehead atoms. The van der Waals surface area contributed by atoms with Gasteiger partial charge in [-0.05, 0) is 61.6 Å². The summed E-state index contributed by atoms with van der Waals surface area (Å²) < 4.78 is 6.58. The number of amides is 1. The number of nitrogens with one attached hydrogen (secondary N) is 1. The van der Waals surface area contributed by atoms with Gasteiger partial charge in [0.2, 0.25) is 5.91 Å². The first-order valence-electron chi connectivity index (χ1n) is 14.0. The molecule has 3 aliphatic rings.